The van der Waals surface area contributed by atoms with Gasteiger partial charge >= 0.3 is 5.69 Å². The number of sulfone groups is 1. The molecule has 0 radical (unpaired) electrons. The van der Waals surface area contributed by atoms with Crippen molar-refractivity contribution in [3.63, 3.8) is 0 Å². The molecule has 1 aromatic carbocycles. The fourth-order valence-electron chi connectivity index (χ4n) is 3.47. The number of hydrogen-bond acceptors (Lipinski definition) is 11. The van der Waals surface area contributed by atoms with E-state index in [4.69, 9.17) is 4.52 Å². The molecule has 0 aliphatic carbocycles. The number of anilines is 3. The van der Waals surface area contributed by atoms with Crippen LogP contribution in [-0.4, -0.2) is 46.3 Å². The van der Waals surface area contributed by atoms with Gasteiger partial charge in [-0.3, -0.25) is 10.1 Å². The average molecular weight is 504 g/mol. The Balaban J connectivity index is 1.61. The fourth-order valence-corrected chi connectivity index (χ4v) is 4.10. The topological polar surface area (TPSA) is 157 Å². The summed E-state index contributed by atoms with van der Waals surface area (Å²) >= 11 is 0. The van der Waals surface area contributed by atoms with Crippen molar-refractivity contribution < 1.29 is 22.3 Å². The van der Waals surface area contributed by atoms with Crippen molar-refractivity contribution in [2.75, 3.05) is 23.0 Å². The zero-order valence-electron chi connectivity index (χ0n) is 19.0. The largest absolute Gasteiger partial charge is 0.354 e. The molecule has 0 bridgehead atoms. The van der Waals surface area contributed by atoms with Crippen LogP contribution in [0.2, 0.25) is 0 Å². The summed E-state index contributed by atoms with van der Waals surface area (Å²) in [6, 6.07) is 3.21. The van der Waals surface area contributed by atoms with E-state index in [0.29, 0.717) is 24.7 Å². The highest BCUT2D eigenvalue weighted by Gasteiger charge is 2.30. The van der Waals surface area contributed by atoms with Gasteiger partial charge in [0.25, 0.3) is 0 Å². The highest BCUT2D eigenvalue weighted by molar-refractivity contribution is 7.90. The smallest absolute Gasteiger partial charge is 0.339 e. The molecule has 35 heavy (non-hydrogen) atoms. The van der Waals surface area contributed by atoms with Crippen LogP contribution in [0.5, 0.6) is 0 Å². The van der Waals surface area contributed by atoms with Crippen LogP contribution in [-0.2, 0) is 9.84 Å². The predicted molar refractivity (Wildman–Crippen MR) is 124 cm³/mol. The molecule has 0 saturated heterocycles. The SMILES string of the molecule is CC(C)c1noc([C@H]2C=CN(c3ncnc(Nc4ccc(S(C)(=O)=O)cc4F)c3[N+](=O)[O-])CC2)n1. The second kappa shape index (κ2) is 9.37. The maximum Gasteiger partial charge on any atom is 0.354 e. The molecule has 3 heterocycles. The van der Waals surface area contributed by atoms with E-state index in [0.717, 1.165) is 18.6 Å². The monoisotopic (exact) mass is 503 g/mol. The van der Waals surface area contributed by atoms with E-state index in [-0.39, 0.29) is 34.1 Å². The number of allylic oxidation sites excluding steroid dienone is 1. The number of hydrogen-bond donors (Lipinski definition) is 1. The molecule has 4 rings (SSSR count). The molecule has 2 aromatic heterocycles. The van der Waals surface area contributed by atoms with Crippen molar-refractivity contribution in [3.05, 3.63) is 64.4 Å². The average Bonchev–Trinajstić information content (AvgIpc) is 3.30. The minimum absolute atomic E-state index is 0.0174. The standard InChI is InChI=1S/C21H22FN7O5S/c1-12(2)18-26-21(34-27-18)13-6-8-28(9-7-13)20-17(29(30)31)19(23-11-24-20)25-16-5-4-14(10-15(16)22)35(3,32)33/h4-6,8,10-13H,7,9H2,1-3H3,(H,23,24,25)/t13-/m0/s1. The molecule has 0 saturated carbocycles. The zero-order chi connectivity index (χ0) is 25.3. The lowest BCUT2D eigenvalue weighted by molar-refractivity contribution is -0.383. The van der Waals surface area contributed by atoms with Crippen LogP contribution in [0, 0.1) is 15.9 Å². The number of aromatic nitrogens is 4. The summed E-state index contributed by atoms with van der Waals surface area (Å²) in [6.45, 7) is 4.28. The van der Waals surface area contributed by atoms with Gasteiger partial charge in [-0.15, -0.1) is 0 Å². The van der Waals surface area contributed by atoms with E-state index >= 15 is 0 Å². The molecule has 0 unspecified atom stereocenters. The maximum atomic E-state index is 14.5. The lowest BCUT2D eigenvalue weighted by Gasteiger charge is -2.25. The van der Waals surface area contributed by atoms with Gasteiger partial charge < -0.3 is 14.7 Å². The van der Waals surface area contributed by atoms with Crippen LogP contribution in [0.15, 0.2) is 46.2 Å². The molecule has 12 nitrogen and oxygen atoms in total. The number of rotatable bonds is 7. The summed E-state index contributed by atoms with van der Waals surface area (Å²) in [4.78, 5) is 25.0. The summed E-state index contributed by atoms with van der Waals surface area (Å²) in [5.74, 6) is -0.0649. The number of halogens is 1. The van der Waals surface area contributed by atoms with Gasteiger partial charge in [0.05, 0.1) is 21.4 Å². The van der Waals surface area contributed by atoms with Crippen molar-refractivity contribution in [1.29, 1.82) is 0 Å². The van der Waals surface area contributed by atoms with Crippen LogP contribution in [0.3, 0.4) is 0 Å². The summed E-state index contributed by atoms with van der Waals surface area (Å²) < 4.78 is 43.2. The first-order chi connectivity index (χ1) is 16.5. The number of nitro groups is 1. The molecule has 0 fully saturated rings. The van der Waals surface area contributed by atoms with Gasteiger partial charge in [-0.2, -0.15) is 4.98 Å². The van der Waals surface area contributed by atoms with E-state index in [2.05, 4.69) is 25.4 Å². The van der Waals surface area contributed by atoms with Crippen molar-refractivity contribution in [3.8, 4) is 0 Å². The second-order valence-corrected chi connectivity index (χ2v) is 10.3. The predicted octanol–water partition coefficient (Wildman–Crippen LogP) is 3.69. The minimum atomic E-state index is -3.62. The summed E-state index contributed by atoms with van der Waals surface area (Å²) in [7, 11) is -3.62. The van der Waals surface area contributed by atoms with Crippen molar-refractivity contribution >= 4 is 32.8 Å². The van der Waals surface area contributed by atoms with Gasteiger partial charge in [-0.05, 0) is 24.6 Å². The van der Waals surface area contributed by atoms with Crippen LogP contribution in [0.4, 0.5) is 27.4 Å². The van der Waals surface area contributed by atoms with Crippen LogP contribution < -0.4 is 10.2 Å². The highest BCUT2D eigenvalue weighted by atomic mass is 32.2. The van der Waals surface area contributed by atoms with Gasteiger partial charge in [0.15, 0.2) is 15.7 Å². The quantitative estimate of drug-likeness (QED) is 0.370. The summed E-state index contributed by atoms with van der Waals surface area (Å²) in [5, 5.41) is 18.5. The van der Waals surface area contributed by atoms with E-state index < -0.39 is 26.3 Å². The lowest BCUT2D eigenvalue weighted by Crippen LogP contribution is -2.25. The first-order valence-corrected chi connectivity index (χ1v) is 12.5. The summed E-state index contributed by atoms with van der Waals surface area (Å²) in [6.07, 6.45) is 6.06. The third-order valence-electron chi connectivity index (χ3n) is 5.35. The lowest BCUT2D eigenvalue weighted by atomic mass is 10.0. The molecule has 1 atom stereocenters. The van der Waals surface area contributed by atoms with Crippen LogP contribution in [0.25, 0.3) is 0 Å². The molecule has 0 amide bonds. The maximum absolute atomic E-state index is 14.5. The molecule has 1 N–H and O–H groups in total. The second-order valence-electron chi connectivity index (χ2n) is 8.27. The zero-order valence-corrected chi connectivity index (χ0v) is 19.9. The van der Waals surface area contributed by atoms with Gasteiger partial charge in [0, 0.05) is 24.9 Å². The molecule has 0 spiro atoms. The van der Waals surface area contributed by atoms with Gasteiger partial charge in [-0.1, -0.05) is 25.1 Å². The molecule has 14 heteroatoms. The molecule has 184 valence electrons. The van der Waals surface area contributed by atoms with E-state index in [9.17, 15) is 22.9 Å². The Hall–Kier alpha value is -3.94. The van der Waals surface area contributed by atoms with Crippen molar-refractivity contribution in [2.45, 2.75) is 37.0 Å². The van der Waals surface area contributed by atoms with Crippen molar-refractivity contribution in [1.82, 2.24) is 20.1 Å². The molecule has 1 aliphatic heterocycles. The Bertz CT molecular complexity index is 1410. The Kier molecular flexibility index (Phi) is 6.47. The third kappa shape index (κ3) is 5.11. The van der Waals surface area contributed by atoms with Gasteiger partial charge in [0.2, 0.25) is 17.5 Å². The highest BCUT2D eigenvalue weighted by Crippen LogP contribution is 2.36. The van der Waals surface area contributed by atoms with Gasteiger partial charge in [-0.25, -0.2) is 22.8 Å². The molecular weight excluding hydrogens is 481 g/mol. The summed E-state index contributed by atoms with van der Waals surface area (Å²) in [5.41, 5.74) is -0.626. The Labute approximate surface area is 200 Å². The van der Waals surface area contributed by atoms with E-state index in [1.807, 2.05) is 13.8 Å². The van der Waals surface area contributed by atoms with Crippen LogP contribution in [0.1, 0.15) is 43.8 Å². The molecule has 1 aliphatic rings. The van der Waals surface area contributed by atoms with Gasteiger partial charge in [0.1, 0.15) is 12.1 Å². The van der Waals surface area contributed by atoms with E-state index in [1.165, 1.54) is 12.1 Å². The minimum Gasteiger partial charge on any atom is -0.339 e. The Morgan fingerprint density at radius 2 is 2.09 bits per heavy atom. The first-order valence-electron chi connectivity index (χ1n) is 10.6. The van der Waals surface area contributed by atoms with Crippen LogP contribution >= 0.6 is 0 Å². The number of benzene rings is 1. The van der Waals surface area contributed by atoms with E-state index in [1.54, 1.807) is 17.2 Å². The first kappa shape index (κ1) is 24.2. The fraction of sp³-hybridized carbons (Fsp3) is 0.333. The number of nitrogens with zero attached hydrogens (tertiary/aromatic N) is 6. The molecule has 3 aromatic rings. The normalized spacial score (nSPS) is 16.0. The van der Waals surface area contributed by atoms with Crippen molar-refractivity contribution in [2.24, 2.45) is 0 Å². The number of nitrogens with one attached hydrogen (secondary N) is 1. The third-order valence-corrected chi connectivity index (χ3v) is 6.46. The Morgan fingerprint density at radius 1 is 1.31 bits per heavy atom. The molecular formula is C21H22FN7O5S. The Morgan fingerprint density at radius 3 is 2.66 bits per heavy atom.